The first-order valence-corrected chi connectivity index (χ1v) is 15.1. The van der Waals surface area contributed by atoms with E-state index >= 15 is 0 Å². The summed E-state index contributed by atoms with van der Waals surface area (Å²) in [7, 11) is 0. The fraction of sp³-hybridized carbons (Fsp3) is 0.294. The molecule has 0 bridgehead atoms. The van der Waals surface area contributed by atoms with Crippen LogP contribution in [0.2, 0.25) is 5.02 Å². The van der Waals surface area contributed by atoms with Crippen molar-refractivity contribution < 1.29 is 19.1 Å². The molecule has 1 fully saturated rings. The Balaban J connectivity index is 1.42. The van der Waals surface area contributed by atoms with E-state index in [1.165, 1.54) is 10.9 Å². The van der Waals surface area contributed by atoms with Crippen molar-refractivity contribution in [2.24, 2.45) is 5.92 Å². The van der Waals surface area contributed by atoms with E-state index in [0.29, 0.717) is 66.2 Å². The van der Waals surface area contributed by atoms with E-state index < -0.39 is 5.56 Å². The standard InChI is InChI=1S/C34H35ClN4O5/c1-4-43-34(42)24-15-17-38(18-16-24)32(40)25-7-5-9-27(19-25)37-31-30(44-29-13-11-23(12-14-29)22(2)3)21-36-39(33(31)41)28-10-6-8-26(35)20-28/h5-14,19-22,24,37H,4,15-18H2,1-3H3. The van der Waals surface area contributed by atoms with Gasteiger partial charge in [-0.05, 0) is 79.8 Å². The van der Waals surface area contributed by atoms with Crippen LogP contribution < -0.4 is 15.6 Å². The van der Waals surface area contributed by atoms with Gasteiger partial charge in [0.05, 0.1) is 24.4 Å². The number of rotatable bonds is 9. The largest absolute Gasteiger partial charge is 0.466 e. The molecule has 4 aromatic rings. The Morgan fingerprint density at radius 3 is 2.43 bits per heavy atom. The van der Waals surface area contributed by atoms with E-state index in [-0.39, 0.29) is 29.2 Å². The van der Waals surface area contributed by atoms with Crippen LogP contribution in [0.15, 0.2) is 83.8 Å². The summed E-state index contributed by atoms with van der Waals surface area (Å²) in [4.78, 5) is 41.1. The summed E-state index contributed by atoms with van der Waals surface area (Å²) < 4.78 is 12.5. The minimum Gasteiger partial charge on any atom is -0.466 e. The lowest BCUT2D eigenvalue weighted by atomic mass is 9.96. The normalized spacial score (nSPS) is 13.5. The Morgan fingerprint density at radius 1 is 1.02 bits per heavy atom. The zero-order valence-corrected chi connectivity index (χ0v) is 25.7. The average Bonchev–Trinajstić information content (AvgIpc) is 3.03. The molecule has 228 valence electrons. The van der Waals surface area contributed by atoms with Crippen LogP contribution in [-0.4, -0.2) is 46.3 Å². The molecule has 0 radical (unpaired) electrons. The first-order valence-electron chi connectivity index (χ1n) is 14.7. The Morgan fingerprint density at radius 2 is 1.75 bits per heavy atom. The second-order valence-electron chi connectivity index (χ2n) is 10.9. The molecule has 1 N–H and O–H groups in total. The number of benzene rings is 3. The van der Waals surface area contributed by atoms with Crippen molar-refractivity contribution in [2.45, 2.75) is 39.5 Å². The number of halogens is 1. The maximum absolute atomic E-state index is 13.8. The van der Waals surface area contributed by atoms with Crippen molar-refractivity contribution in [1.29, 1.82) is 0 Å². The molecule has 0 aliphatic carbocycles. The Hall–Kier alpha value is -4.63. The molecule has 1 amide bonds. The molecule has 44 heavy (non-hydrogen) atoms. The van der Waals surface area contributed by atoms with Gasteiger partial charge in [-0.25, -0.2) is 0 Å². The average molecular weight is 615 g/mol. The SMILES string of the molecule is CCOC(=O)C1CCN(C(=O)c2cccc(Nc3c(Oc4ccc(C(C)C)cc4)cnn(-c4cccc(Cl)c4)c3=O)c2)CC1. The van der Waals surface area contributed by atoms with Crippen LogP contribution in [0, 0.1) is 5.92 Å². The van der Waals surface area contributed by atoms with Crippen LogP contribution in [0.3, 0.4) is 0 Å². The van der Waals surface area contributed by atoms with Crippen LogP contribution in [0.1, 0.15) is 55.5 Å². The van der Waals surface area contributed by atoms with Gasteiger partial charge in [0.1, 0.15) is 5.75 Å². The molecule has 1 aliphatic heterocycles. The number of anilines is 2. The van der Waals surface area contributed by atoms with Crippen LogP contribution in [0.4, 0.5) is 11.4 Å². The number of carbonyl (C=O) groups is 2. The van der Waals surface area contributed by atoms with Gasteiger partial charge < -0.3 is 19.7 Å². The Kier molecular flexibility index (Phi) is 9.65. The predicted molar refractivity (Wildman–Crippen MR) is 170 cm³/mol. The first kappa shape index (κ1) is 30.8. The zero-order valence-electron chi connectivity index (χ0n) is 25.0. The van der Waals surface area contributed by atoms with Crippen LogP contribution in [-0.2, 0) is 9.53 Å². The molecule has 9 nitrogen and oxygen atoms in total. The third kappa shape index (κ3) is 7.11. The highest BCUT2D eigenvalue weighted by Gasteiger charge is 2.29. The lowest BCUT2D eigenvalue weighted by Crippen LogP contribution is -2.40. The number of aromatic nitrogens is 2. The van der Waals surface area contributed by atoms with Gasteiger partial charge in [0, 0.05) is 29.4 Å². The van der Waals surface area contributed by atoms with Crippen LogP contribution in [0.5, 0.6) is 11.5 Å². The summed E-state index contributed by atoms with van der Waals surface area (Å²) in [6, 6.07) is 21.5. The van der Waals surface area contributed by atoms with Crippen LogP contribution in [0.25, 0.3) is 5.69 Å². The Labute approximate surface area is 261 Å². The lowest BCUT2D eigenvalue weighted by molar-refractivity contribution is -0.149. The van der Waals surface area contributed by atoms with E-state index in [9.17, 15) is 14.4 Å². The quantitative estimate of drug-likeness (QED) is 0.203. The zero-order chi connectivity index (χ0) is 31.2. The van der Waals surface area contributed by atoms with Gasteiger partial charge in [-0.3, -0.25) is 14.4 Å². The van der Waals surface area contributed by atoms with Gasteiger partial charge in [-0.2, -0.15) is 9.78 Å². The molecule has 3 aromatic carbocycles. The van der Waals surface area contributed by atoms with E-state index in [4.69, 9.17) is 21.1 Å². The highest BCUT2D eigenvalue weighted by molar-refractivity contribution is 6.30. The number of carbonyl (C=O) groups excluding carboxylic acids is 2. The summed E-state index contributed by atoms with van der Waals surface area (Å²) in [5.41, 5.74) is 2.33. The summed E-state index contributed by atoms with van der Waals surface area (Å²) in [6.45, 7) is 7.28. The van der Waals surface area contributed by atoms with Gasteiger partial charge in [0.15, 0.2) is 11.4 Å². The summed E-state index contributed by atoms with van der Waals surface area (Å²) in [5.74, 6) is 0.589. The van der Waals surface area contributed by atoms with Crippen LogP contribution >= 0.6 is 11.6 Å². The van der Waals surface area contributed by atoms with Gasteiger partial charge in [-0.15, -0.1) is 0 Å². The maximum Gasteiger partial charge on any atom is 0.309 e. The molecule has 2 heterocycles. The van der Waals surface area contributed by atoms with E-state index in [1.807, 2.05) is 24.3 Å². The number of nitrogens with zero attached hydrogens (tertiary/aromatic N) is 3. The van der Waals surface area contributed by atoms with Crippen molar-refractivity contribution in [2.75, 3.05) is 25.0 Å². The van der Waals surface area contributed by atoms with Crippen molar-refractivity contribution in [3.05, 3.63) is 105 Å². The molecule has 1 saturated heterocycles. The number of ether oxygens (including phenoxy) is 2. The van der Waals surface area contributed by atoms with Crippen molar-refractivity contribution in [1.82, 2.24) is 14.7 Å². The lowest BCUT2D eigenvalue weighted by Gasteiger charge is -2.31. The van der Waals surface area contributed by atoms with Crippen molar-refractivity contribution >= 4 is 34.9 Å². The van der Waals surface area contributed by atoms with Gasteiger partial charge in [0.2, 0.25) is 0 Å². The number of piperidine rings is 1. The fourth-order valence-corrected chi connectivity index (χ4v) is 5.29. The number of amides is 1. The first-order chi connectivity index (χ1) is 21.2. The number of nitrogens with one attached hydrogen (secondary N) is 1. The summed E-state index contributed by atoms with van der Waals surface area (Å²) in [6.07, 6.45) is 2.59. The highest BCUT2D eigenvalue weighted by Crippen LogP contribution is 2.31. The molecule has 1 aliphatic rings. The number of likely N-dealkylation sites (tertiary alicyclic amines) is 1. The third-order valence-corrected chi connectivity index (χ3v) is 7.79. The molecule has 0 saturated carbocycles. The molecule has 0 spiro atoms. The minimum absolute atomic E-state index is 0.146. The topological polar surface area (TPSA) is 103 Å². The molecule has 0 atom stereocenters. The van der Waals surface area contributed by atoms with E-state index in [0.717, 1.165) is 5.56 Å². The van der Waals surface area contributed by atoms with E-state index in [1.54, 1.807) is 60.4 Å². The number of hydrogen-bond donors (Lipinski definition) is 1. The van der Waals surface area contributed by atoms with Gasteiger partial charge in [-0.1, -0.05) is 49.7 Å². The molecule has 0 unspecified atom stereocenters. The summed E-state index contributed by atoms with van der Waals surface area (Å²) >= 11 is 6.20. The fourth-order valence-electron chi connectivity index (χ4n) is 5.11. The second-order valence-corrected chi connectivity index (χ2v) is 11.4. The number of esters is 1. The minimum atomic E-state index is -0.457. The monoisotopic (exact) mass is 614 g/mol. The molecule has 1 aromatic heterocycles. The number of hydrogen-bond acceptors (Lipinski definition) is 7. The van der Waals surface area contributed by atoms with Crippen molar-refractivity contribution in [3.63, 3.8) is 0 Å². The summed E-state index contributed by atoms with van der Waals surface area (Å²) in [5, 5.41) is 8.01. The predicted octanol–water partition coefficient (Wildman–Crippen LogP) is 6.96. The van der Waals surface area contributed by atoms with Crippen molar-refractivity contribution in [3.8, 4) is 17.2 Å². The second kappa shape index (κ2) is 13.8. The maximum atomic E-state index is 13.8. The van der Waals surface area contributed by atoms with E-state index in [2.05, 4.69) is 24.3 Å². The molecule has 10 heteroatoms. The molecular formula is C34H35ClN4O5. The smallest absolute Gasteiger partial charge is 0.309 e. The third-order valence-electron chi connectivity index (χ3n) is 7.55. The van der Waals surface area contributed by atoms with Gasteiger partial charge >= 0.3 is 5.97 Å². The molecule has 5 rings (SSSR count). The highest BCUT2D eigenvalue weighted by atomic mass is 35.5. The Bertz CT molecular complexity index is 1690. The molecular weight excluding hydrogens is 580 g/mol. The van der Waals surface area contributed by atoms with Gasteiger partial charge in [0.25, 0.3) is 11.5 Å².